The Kier molecular flexibility index (Phi) is 6.17. The van der Waals surface area contributed by atoms with E-state index in [1.807, 2.05) is 72.8 Å². The highest BCUT2D eigenvalue weighted by molar-refractivity contribution is 8.01. The van der Waals surface area contributed by atoms with Gasteiger partial charge in [-0.3, -0.25) is 0 Å². The summed E-state index contributed by atoms with van der Waals surface area (Å²) in [7, 11) is -5.39. The van der Waals surface area contributed by atoms with Gasteiger partial charge in [-0.05, 0) is 48.0 Å². The first-order valence-corrected chi connectivity index (χ1v) is 16.9. The van der Waals surface area contributed by atoms with Crippen molar-refractivity contribution in [2.24, 2.45) is 0 Å². The molecule has 0 N–H and O–H groups in total. The second-order valence-corrected chi connectivity index (χ2v) is 16.4. The molecule has 0 amide bonds. The molecule has 0 saturated heterocycles. The van der Waals surface area contributed by atoms with Crippen LogP contribution >= 0.6 is 0 Å². The zero-order valence-corrected chi connectivity index (χ0v) is 22.4. The van der Waals surface area contributed by atoms with E-state index in [1.165, 1.54) is 0 Å². The molecule has 1 aliphatic rings. The average Bonchev–Trinajstić information content (AvgIpc) is 3.11. The van der Waals surface area contributed by atoms with Gasteiger partial charge in [0.25, 0.3) is 0 Å². The number of hydrogen-bond acceptors (Lipinski definition) is 3. The van der Waals surface area contributed by atoms with Gasteiger partial charge in [0.15, 0.2) is 0 Å². The topological polar surface area (TPSA) is 37.4 Å². The first-order chi connectivity index (χ1) is 17.3. The van der Waals surface area contributed by atoms with Crippen LogP contribution in [0.1, 0.15) is 11.1 Å². The molecule has 0 atom stereocenters. The van der Waals surface area contributed by atoms with E-state index in [0.29, 0.717) is 26.5 Å². The van der Waals surface area contributed by atoms with Crippen LogP contribution in [0.3, 0.4) is 0 Å². The summed E-state index contributed by atoms with van der Waals surface area (Å²) in [5, 5.41) is 0. The monoisotopic (exact) mass is 505 g/mol. The van der Waals surface area contributed by atoms with Crippen molar-refractivity contribution < 1.29 is 8.42 Å². The standard InChI is InChI=1S/C31H27NO2SSi/c1-36(2,3)23-22-29-28-16-10-11-17-30(28)35(33,34)31(29)24-18-20-27(21-19-24)32(25-12-6-4-7-13-25)26-14-8-5-9-15-26/h4-21H,1-3H3. The fourth-order valence-corrected chi connectivity index (χ4v) is 6.62. The Balaban J connectivity index is 1.65. The molecule has 0 spiro atoms. The van der Waals surface area contributed by atoms with Gasteiger partial charge in [0.05, 0.1) is 15.4 Å². The summed E-state index contributed by atoms with van der Waals surface area (Å²) in [6.45, 7) is 6.48. The van der Waals surface area contributed by atoms with E-state index in [1.54, 1.807) is 12.1 Å². The second kappa shape index (κ2) is 9.31. The van der Waals surface area contributed by atoms with Crippen molar-refractivity contribution in [2.45, 2.75) is 24.5 Å². The molecular weight excluding hydrogens is 478 g/mol. The number of rotatable bonds is 4. The molecule has 3 nitrogen and oxygen atoms in total. The minimum Gasteiger partial charge on any atom is -0.311 e. The van der Waals surface area contributed by atoms with Crippen molar-refractivity contribution >= 4 is 45.5 Å². The van der Waals surface area contributed by atoms with Crippen LogP contribution in [0.4, 0.5) is 17.1 Å². The number of benzene rings is 4. The van der Waals surface area contributed by atoms with Gasteiger partial charge in [-0.15, -0.1) is 5.54 Å². The predicted octanol–water partition coefficient (Wildman–Crippen LogP) is 7.69. The number of anilines is 3. The van der Waals surface area contributed by atoms with Gasteiger partial charge in [-0.25, -0.2) is 8.42 Å². The van der Waals surface area contributed by atoms with E-state index < -0.39 is 17.9 Å². The lowest BCUT2D eigenvalue weighted by Gasteiger charge is -2.25. The molecule has 4 aromatic rings. The number of nitrogens with zero attached hydrogens (tertiary/aromatic N) is 1. The van der Waals surface area contributed by atoms with Gasteiger partial charge in [0.1, 0.15) is 8.07 Å². The van der Waals surface area contributed by atoms with Gasteiger partial charge in [0, 0.05) is 22.6 Å². The second-order valence-electron chi connectivity index (χ2n) is 9.76. The highest BCUT2D eigenvalue weighted by Crippen LogP contribution is 2.45. The molecule has 36 heavy (non-hydrogen) atoms. The van der Waals surface area contributed by atoms with Crippen LogP contribution in [0.5, 0.6) is 0 Å². The zero-order chi connectivity index (χ0) is 25.3. The summed E-state index contributed by atoms with van der Waals surface area (Å²) in [6, 6.07) is 35.2. The van der Waals surface area contributed by atoms with Crippen LogP contribution < -0.4 is 4.90 Å². The van der Waals surface area contributed by atoms with E-state index in [9.17, 15) is 8.42 Å². The number of para-hydroxylation sites is 2. The van der Waals surface area contributed by atoms with Crippen LogP contribution in [0.2, 0.25) is 19.6 Å². The Hall–Kier alpha value is -3.85. The Morgan fingerprint density at radius 1 is 0.639 bits per heavy atom. The molecule has 5 heteroatoms. The van der Waals surface area contributed by atoms with E-state index in [-0.39, 0.29) is 0 Å². The fraction of sp³-hybridized carbons (Fsp3) is 0.0968. The Labute approximate surface area is 214 Å². The van der Waals surface area contributed by atoms with E-state index in [4.69, 9.17) is 0 Å². The molecule has 0 saturated carbocycles. The number of hydrogen-bond donors (Lipinski definition) is 0. The maximum absolute atomic E-state index is 13.7. The zero-order valence-electron chi connectivity index (χ0n) is 20.6. The Morgan fingerprint density at radius 3 is 1.69 bits per heavy atom. The first kappa shape index (κ1) is 23.9. The third kappa shape index (κ3) is 4.54. The molecule has 0 radical (unpaired) electrons. The molecule has 0 bridgehead atoms. The van der Waals surface area contributed by atoms with E-state index >= 15 is 0 Å². The number of allylic oxidation sites excluding steroid dienone is 1. The summed E-state index contributed by atoms with van der Waals surface area (Å²) >= 11 is 0. The minimum atomic E-state index is -3.67. The van der Waals surface area contributed by atoms with E-state index in [2.05, 4.69) is 60.3 Å². The molecule has 0 fully saturated rings. The fourth-order valence-electron chi connectivity index (χ4n) is 4.31. The lowest BCUT2D eigenvalue weighted by atomic mass is 10.0. The van der Waals surface area contributed by atoms with Crippen molar-refractivity contribution in [1.29, 1.82) is 0 Å². The molecular formula is C31H27NO2SSi. The molecule has 0 unspecified atom stereocenters. The SMILES string of the molecule is C[Si](C)(C)C#CC1=C(c2ccc(N(c3ccccc3)c3ccccc3)cc2)S(=O)(=O)c2ccccc21. The van der Waals surface area contributed by atoms with Gasteiger partial charge < -0.3 is 4.90 Å². The smallest absolute Gasteiger partial charge is 0.209 e. The quantitative estimate of drug-likeness (QED) is 0.211. The Bertz CT molecular complexity index is 1570. The number of fused-ring (bicyclic) bond motifs is 1. The third-order valence-electron chi connectivity index (χ3n) is 5.92. The summed E-state index contributed by atoms with van der Waals surface area (Å²) in [4.78, 5) is 2.79. The lowest BCUT2D eigenvalue weighted by Crippen LogP contribution is -2.16. The average molecular weight is 506 g/mol. The first-order valence-electron chi connectivity index (χ1n) is 11.9. The molecule has 1 aliphatic heterocycles. The molecule has 4 aromatic carbocycles. The molecule has 178 valence electrons. The van der Waals surface area contributed by atoms with Gasteiger partial charge in [-0.1, -0.05) is 92.3 Å². The van der Waals surface area contributed by atoms with Crippen LogP contribution in [-0.2, 0) is 9.84 Å². The highest BCUT2D eigenvalue weighted by Gasteiger charge is 2.36. The van der Waals surface area contributed by atoms with Crippen LogP contribution in [0.25, 0.3) is 10.5 Å². The normalized spacial score (nSPS) is 14.1. The summed E-state index contributed by atoms with van der Waals surface area (Å²) in [5.41, 5.74) is 8.31. The molecule has 5 rings (SSSR count). The summed E-state index contributed by atoms with van der Waals surface area (Å²) in [5.74, 6) is 3.27. The molecule has 1 heterocycles. The largest absolute Gasteiger partial charge is 0.311 e. The van der Waals surface area contributed by atoms with Crippen molar-refractivity contribution in [3.63, 3.8) is 0 Å². The number of sulfone groups is 1. The predicted molar refractivity (Wildman–Crippen MR) is 153 cm³/mol. The molecule has 0 aliphatic carbocycles. The lowest BCUT2D eigenvalue weighted by molar-refractivity contribution is 0.606. The molecule has 0 aromatic heterocycles. The van der Waals surface area contributed by atoms with Crippen molar-refractivity contribution in [2.75, 3.05) is 4.90 Å². The van der Waals surface area contributed by atoms with Gasteiger partial charge in [-0.2, -0.15) is 0 Å². The van der Waals surface area contributed by atoms with Crippen molar-refractivity contribution in [3.8, 4) is 11.5 Å². The van der Waals surface area contributed by atoms with Gasteiger partial charge in [0.2, 0.25) is 9.84 Å². The maximum atomic E-state index is 13.7. The van der Waals surface area contributed by atoms with Crippen LogP contribution in [-0.4, -0.2) is 16.5 Å². The van der Waals surface area contributed by atoms with E-state index in [0.717, 1.165) is 17.1 Å². The minimum absolute atomic E-state index is 0.298. The summed E-state index contributed by atoms with van der Waals surface area (Å²) in [6.07, 6.45) is 0. The van der Waals surface area contributed by atoms with Crippen LogP contribution in [0.15, 0.2) is 114 Å². The third-order valence-corrected chi connectivity index (χ3v) is 8.71. The maximum Gasteiger partial charge on any atom is 0.209 e. The van der Waals surface area contributed by atoms with Crippen molar-refractivity contribution in [1.82, 2.24) is 0 Å². The van der Waals surface area contributed by atoms with Gasteiger partial charge >= 0.3 is 0 Å². The highest BCUT2D eigenvalue weighted by atomic mass is 32.2. The van der Waals surface area contributed by atoms with Crippen molar-refractivity contribution in [3.05, 3.63) is 120 Å². The summed E-state index contributed by atoms with van der Waals surface area (Å²) < 4.78 is 27.3. The Morgan fingerprint density at radius 2 is 1.14 bits per heavy atom. The van der Waals surface area contributed by atoms with Crippen LogP contribution in [0, 0.1) is 11.5 Å².